The number of ether oxygens (including phenoxy) is 1. The van der Waals surface area contributed by atoms with Crippen molar-refractivity contribution in [2.45, 2.75) is 58.7 Å². The van der Waals surface area contributed by atoms with Crippen LogP contribution in [0.5, 0.6) is 0 Å². The molecule has 3 rings (SSSR count). The van der Waals surface area contributed by atoms with Crippen molar-refractivity contribution >= 4 is 17.3 Å². The predicted molar refractivity (Wildman–Crippen MR) is 117 cm³/mol. The van der Waals surface area contributed by atoms with Gasteiger partial charge in [-0.05, 0) is 55.2 Å². The van der Waals surface area contributed by atoms with Crippen molar-refractivity contribution in [2.24, 2.45) is 11.3 Å². The van der Waals surface area contributed by atoms with Gasteiger partial charge in [-0.15, -0.1) is 0 Å². The summed E-state index contributed by atoms with van der Waals surface area (Å²) in [7, 11) is 0. The van der Waals surface area contributed by atoms with Crippen molar-refractivity contribution in [2.75, 3.05) is 44.2 Å². The zero-order chi connectivity index (χ0) is 20.1. The number of rotatable bonds is 6. The number of piperazine rings is 1. The summed E-state index contributed by atoms with van der Waals surface area (Å²) < 4.78 is 6.05. The Labute approximate surface area is 175 Å². The van der Waals surface area contributed by atoms with Gasteiger partial charge in [0.15, 0.2) is 0 Å². The maximum Gasteiger partial charge on any atom is 0.0900 e. The third-order valence-electron chi connectivity index (χ3n) is 6.44. The molecule has 1 aliphatic carbocycles. The largest absolute Gasteiger partial charge is 0.389 e. The van der Waals surface area contributed by atoms with Crippen LogP contribution in [-0.4, -0.2) is 61.5 Å². The molecule has 1 aromatic rings. The molecule has 28 heavy (non-hydrogen) atoms. The van der Waals surface area contributed by atoms with Crippen molar-refractivity contribution in [3.05, 3.63) is 29.3 Å². The van der Waals surface area contributed by atoms with Gasteiger partial charge in [0.25, 0.3) is 0 Å². The molecule has 4 nitrogen and oxygen atoms in total. The van der Waals surface area contributed by atoms with Crippen molar-refractivity contribution < 1.29 is 9.84 Å². The maximum absolute atomic E-state index is 10.4. The zero-order valence-corrected chi connectivity index (χ0v) is 18.5. The first-order chi connectivity index (χ1) is 13.3. The van der Waals surface area contributed by atoms with Crippen LogP contribution in [0.25, 0.3) is 0 Å². The lowest BCUT2D eigenvalue weighted by Gasteiger charge is -2.38. The summed E-state index contributed by atoms with van der Waals surface area (Å²) in [5, 5.41) is 11.2. The predicted octanol–water partition coefficient (Wildman–Crippen LogP) is 4.44. The molecular formula is C23H37ClN2O2. The third-order valence-corrected chi connectivity index (χ3v) is 6.67. The highest BCUT2D eigenvalue weighted by Gasteiger charge is 2.30. The van der Waals surface area contributed by atoms with Crippen LogP contribution >= 0.6 is 11.6 Å². The van der Waals surface area contributed by atoms with E-state index in [2.05, 4.69) is 36.6 Å². The average molecular weight is 409 g/mol. The Morgan fingerprint density at radius 2 is 1.79 bits per heavy atom. The van der Waals surface area contributed by atoms with E-state index in [4.69, 9.17) is 16.3 Å². The molecule has 158 valence electrons. The molecule has 1 N–H and O–H groups in total. The fraction of sp³-hybridized carbons (Fsp3) is 0.739. The number of halogens is 1. The lowest BCUT2D eigenvalue weighted by molar-refractivity contribution is -0.0446. The van der Waals surface area contributed by atoms with Gasteiger partial charge in [-0.1, -0.05) is 38.4 Å². The Bertz CT molecular complexity index is 603. The smallest absolute Gasteiger partial charge is 0.0900 e. The van der Waals surface area contributed by atoms with Crippen LogP contribution in [-0.2, 0) is 4.74 Å². The molecule has 1 atom stereocenters. The number of hydrogen-bond donors (Lipinski definition) is 1. The summed E-state index contributed by atoms with van der Waals surface area (Å²) >= 11 is 6.11. The van der Waals surface area contributed by atoms with Gasteiger partial charge in [0, 0.05) is 43.4 Å². The number of nitrogens with zero attached hydrogens (tertiary/aromatic N) is 2. The Morgan fingerprint density at radius 3 is 2.39 bits per heavy atom. The van der Waals surface area contributed by atoms with Crippen molar-refractivity contribution in [1.82, 2.24) is 4.90 Å². The van der Waals surface area contributed by atoms with E-state index >= 15 is 0 Å². The van der Waals surface area contributed by atoms with Gasteiger partial charge in [0.2, 0.25) is 0 Å². The van der Waals surface area contributed by atoms with Crippen molar-refractivity contribution in [3.8, 4) is 0 Å². The minimum atomic E-state index is -0.405. The summed E-state index contributed by atoms with van der Waals surface area (Å²) in [5.74, 6) is 0.799. The molecule has 1 aliphatic heterocycles. The maximum atomic E-state index is 10.4. The second kappa shape index (κ2) is 9.80. The highest BCUT2D eigenvalue weighted by molar-refractivity contribution is 6.30. The molecule has 1 saturated heterocycles. The Morgan fingerprint density at radius 1 is 1.11 bits per heavy atom. The fourth-order valence-corrected chi connectivity index (χ4v) is 4.74. The Balaban J connectivity index is 1.33. The second-order valence-corrected chi connectivity index (χ2v) is 10.0. The Kier molecular flexibility index (Phi) is 7.66. The third kappa shape index (κ3) is 6.35. The van der Waals surface area contributed by atoms with E-state index in [-0.39, 0.29) is 0 Å². The number of aliphatic hydroxyl groups excluding tert-OH is 1. The number of hydrogen-bond acceptors (Lipinski definition) is 4. The van der Waals surface area contributed by atoms with Gasteiger partial charge >= 0.3 is 0 Å². The number of benzene rings is 1. The Hall–Kier alpha value is -0.810. The van der Waals surface area contributed by atoms with E-state index in [1.807, 2.05) is 18.2 Å². The van der Waals surface area contributed by atoms with Crippen LogP contribution in [0.4, 0.5) is 5.69 Å². The average Bonchev–Trinajstić information content (AvgIpc) is 2.67. The molecule has 5 heteroatoms. The molecule has 2 fully saturated rings. The summed E-state index contributed by atoms with van der Waals surface area (Å²) in [5.41, 5.74) is 1.58. The molecule has 2 aliphatic rings. The molecule has 0 aromatic heterocycles. The molecule has 1 saturated carbocycles. The first-order valence-electron chi connectivity index (χ1n) is 10.8. The molecular weight excluding hydrogens is 372 g/mol. The number of aliphatic hydroxyl groups is 1. The molecule has 1 unspecified atom stereocenters. The highest BCUT2D eigenvalue weighted by atomic mass is 35.5. The summed E-state index contributed by atoms with van der Waals surface area (Å²) in [6.45, 7) is 12.0. The standard InChI is InChI=1S/C23H37ClN2O2/c1-23(2,3)18-7-9-22(10-8-18)28-17-21(27)16-25-11-13-26(14-12-25)20-6-4-5-19(24)15-20/h4-6,15,18,21-22,27H,7-14,16-17H2,1-3H3. The molecule has 1 heterocycles. The minimum absolute atomic E-state index is 0.327. The second-order valence-electron chi connectivity index (χ2n) is 9.59. The monoisotopic (exact) mass is 408 g/mol. The number of anilines is 1. The van der Waals surface area contributed by atoms with E-state index in [9.17, 15) is 5.11 Å². The van der Waals surface area contributed by atoms with Crippen LogP contribution in [0.15, 0.2) is 24.3 Å². The van der Waals surface area contributed by atoms with Crippen LogP contribution in [0.2, 0.25) is 5.02 Å². The summed E-state index contributed by atoms with van der Waals surface area (Å²) in [6.07, 6.45) is 4.68. The van der Waals surface area contributed by atoms with Gasteiger partial charge in [-0.3, -0.25) is 4.90 Å². The summed E-state index contributed by atoms with van der Waals surface area (Å²) in [4.78, 5) is 4.70. The fourth-order valence-electron chi connectivity index (χ4n) is 4.55. The van der Waals surface area contributed by atoms with Gasteiger partial charge in [0.1, 0.15) is 0 Å². The van der Waals surface area contributed by atoms with Crippen LogP contribution in [0.1, 0.15) is 46.5 Å². The molecule has 0 spiro atoms. The van der Waals surface area contributed by atoms with E-state index in [0.717, 1.165) is 50.0 Å². The summed E-state index contributed by atoms with van der Waals surface area (Å²) in [6, 6.07) is 8.04. The molecule has 0 bridgehead atoms. The van der Waals surface area contributed by atoms with E-state index in [1.54, 1.807) is 0 Å². The van der Waals surface area contributed by atoms with Crippen LogP contribution in [0, 0.1) is 11.3 Å². The topological polar surface area (TPSA) is 35.9 Å². The van der Waals surface area contributed by atoms with Crippen LogP contribution < -0.4 is 4.90 Å². The number of β-amino-alcohol motifs (C(OH)–C–C–N with tert-alkyl or cyclic N) is 1. The first kappa shape index (κ1) is 21.9. The first-order valence-corrected chi connectivity index (χ1v) is 11.2. The van der Waals surface area contributed by atoms with Gasteiger partial charge in [0.05, 0.1) is 18.8 Å². The van der Waals surface area contributed by atoms with Crippen molar-refractivity contribution in [3.63, 3.8) is 0 Å². The normalized spacial score (nSPS) is 25.7. The van der Waals surface area contributed by atoms with Gasteiger partial charge < -0.3 is 14.7 Å². The van der Waals surface area contributed by atoms with E-state index in [0.29, 0.717) is 24.7 Å². The lowest BCUT2D eigenvalue weighted by atomic mass is 9.72. The van der Waals surface area contributed by atoms with Gasteiger partial charge in [-0.25, -0.2) is 0 Å². The molecule has 0 radical (unpaired) electrons. The minimum Gasteiger partial charge on any atom is -0.389 e. The van der Waals surface area contributed by atoms with Gasteiger partial charge in [-0.2, -0.15) is 0 Å². The van der Waals surface area contributed by atoms with Crippen LogP contribution in [0.3, 0.4) is 0 Å². The lowest BCUT2D eigenvalue weighted by Crippen LogP contribution is -2.49. The van der Waals surface area contributed by atoms with E-state index < -0.39 is 6.10 Å². The molecule has 0 amide bonds. The van der Waals surface area contributed by atoms with E-state index in [1.165, 1.54) is 18.5 Å². The molecule has 1 aromatic carbocycles. The highest BCUT2D eigenvalue weighted by Crippen LogP contribution is 2.38. The SMILES string of the molecule is CC(C)(C)C1CCC(OCC(O)CN2CCN(c3cccc(Cl)c3)CC2)CC1. The zero-order valence-electron chi connectivity index (χ0n) is 17.7. The van der Waals surface area contributed by atoms with Crippen molar-refractivity contribution in [1.29, 1.82) is 0 Å². The quantitative estimate of drug-likeness (QED) is 0.754.